The maximum absolute atomic E-state index is 13.4. The van der Waals surface area contributed by atoms with Crippen LogP contribution in [-0.4, -0.2) is 11.7 Å². The van der Waals surface area contributed by atoms with E-state index in [2.05, 4.69) is 0 Å². The molecule has 0 saturated heterocycles. The van der Waals surface area contributed by atoms with Gasteiger partial charge in [-0.1, -0.05) is 24.3 Å². The van der Waals surface area contributed by atoms with E-state index in [0.717, 1.165) is 0 Å². The summed E-state index contributed by atoms with van der Waals surface area (Å²) < 4.78 is 13.4. The van der Waals surface area contributed by atoms with Gasteiger partial charge in [0.2, 0.25) is 5.91 Å². The summed E-state index contributed by atoms with van der Waals surface area (Å²) in [5.74, 6) is -1.56. The molecule has 0 radical (unpaired) electrons. The minimum absolute atomic E-state index is 0.00400. The molecule has 0 aliphatic rings. The molecular formula is C14H10FNO2. The third kappa shape index (κ3) is 2.27. The van der Waals surface area contributed by atoms with Crippen molar-refractivity contribution in [3.05, 3.63) is 71.0 Å². The molecule has 2 rings (SSSR count). The molecule has 2 aromatic carbocycles. The lowest BCUT2D eigenvalue weighted by atomic mass is 10.0. The molecule has 0 heterocycles. The number of rotatable bonds is 3. The zero-order valence-electron chi connectivity index (χ0n) is 9.39. The third-order valence-corrected chi connectivity index (χ3v) is 2.55. The Morgan fingerprint density at radius 2 is 1.44 bits per heavy atom. The van der Waals surface area contributed by atoms with Crippen molar-refractivity contribution in [2.45, 2.75) is 0 Å². The summed E-state index contributed by atoms with van der Waals surface area (Å²) in [6.45, 7) is 0. The molecule has 90 valence electrons. The van der Waals surface area contributed by atoms with Gasteiger partial charge in [-0.05, 0) is 24.3 Å². The smallest absolute Gasteiger partial charge is 0.248 e. The quantitative estimate of drug-likeness (QED) is 0.840. The second-order valence-electron chi connectivity index (χ2n) is 3.75. The molecule has 0 aliphatic heterocycles. The van der Waals surface area contributed by atoms with E-state index in [0.29, 0.717) is 11.1 Å². The molecule has 3 nitrogen and oxygen atoms in total. The van der Waals surface area contributed by atoms with Crippen molar-refractivity contribution in [2.24, 2.45) is 5.73 Å². The average molecular weight is 243 g/mol. The van der Waals surface area contributed by atoms with Gasteiger partial charge in [0, 0.05) is 11.1 Å². The Balaban J connectivity index is 2.35. The van der Waals surface area contributed by atoms with Crippen molar-refractivity contribution < 1.29 is 14.0 Å². The largest absolute Gasteiger partial charge is 0.366 e. The lowest BCUT2D eigenvalue weighted by Crippen LogP contribution is -2.11. The normalized spacial score (nSPS) is 10.1. The molecule has 0 unspecified atom stereocenters. The van der Waals surface area contributed by atoms with Crippen molar-refractivity contribution in [3.8, 4) is 0 Å². The fourth-order valence-corrected chi connectivity index (χ4v) is 1.59. The first kappa shape index (κ1) is 12.0. The van der Waals surface area contributed by atoms with Crippen molar-refractivity contribution >= 4 is 11.7 Å². The number of halogens is 1. The van der Waals surface area contributed by atoms with Gasteiger partial charge in [-0.2, -0.15) is 0 Å². The van der Waals surface area contributed by atoms with Gasteiger partial charge in [0.05, 0.1) is 5.56 Å². The molecule has 4 heteroatoms. The minimum Gasteiger partial charge on any atom is -0.366 e. The SMILES string of the molecule is NC(=O)c1ccc(C(=O)c2ccccc2F)cc1. The van der Waals surface area contributed by atoms with Gasteiger partial charge in [-0.15, -0.1) is 0 Å². The Labute approximate surface area is 103 Å². The Bertz CT molecular complexity index is 605. The number of carbonyl (C=O) groups excluding carboxylic acids is 2. The standard InChI is InChI=1S/C14H10FNO2/c15-12-4-2-1-3-11(12)13(17)9-5-7-10(8-6-9)14(16)18/h1-8H,(H2,16,18). The number of hydrogen-bond acceptors (Lipinski definition) is 2. The Morgan fingerprint density at radius 1 is 0.889 bits per heavy atom. The number of amides is 1. The van der Waals surface area contributed by atoms with Gasteiger partial charge in [0.1, 0.15) is 5.82 Å². The highest BCUT2D eigenvalue weighted by Gasteiger charge is 2.13. The summed E-state index contributed by atoms with van der Waals surface area (Å²) in [4.78, 5) is 22.9. The van der Waals surface area contributed by atoms with E-state index in [1.54, 1.807) is 6.07 Å². The van der Waals surface area contributed by atoms with Crippen LogP contribution in [0.1, 0.15) is 26.3 Å². The van der Waals surface area contributed by atoms with Crippen molar-refractivity contribution in [1.82, 2.24) is 0 Å². The van der Waals surface area contributed by atoms with Gasteiger partial charge < -0.3 is 5.73 Å². The molecule has 0 saturated carbocycles. The molecule has 1 amide bonds. The highest BCUT2D eigenvalue weighted by atomic mass is 19.1. The number of primary amides is 1. The first-order chi connectivity index (χ1) is 8.59. The van der Waals surface area contributed by atoms with Crippen LogP contribution in [0.4, 0.5) is 4.39 Å². The van der Waals surface area contributed by atoms with Crippen LogP contribution < -0.4 is 5.73 Å². The Hall–Kier alpha value is -2.49. The predicted octanol–water partition coefficient (Wildman–Crippen LogP) is 2.16. The van der Waals surface area contributed by atoms with E-state index in [9.17, 15) is 14.0 Å². The maximum Gasteiger partial charge on any atom is 0.248 e. The molecule has 0 atom stereocenters. The van der Waals surface area contributed by atoms with Crippen LogP contribution in [0.2, 0.25) is 0 Å². The monoisotopic (exact) mass is 243 g/mol. The molecular weight excluding hydrogens is 233 g/mol. The fourth-order valence-electron chi connectivity index (χ4n) is 1.59. The molecule has 0 bridgehead atoms. The van der Waals surface area contributed by atoms with Crippen LogP contribution in [0.15, 0.2) is 48.5 Å². The Kier molecular flexibility index (Phi) is 3.19. The number of benzene rings is 2. The van der Waals surface area contributed by atoms with Crippen LogP contribution in [0.5, 0.6) is 0 Å². The summed E-state index contributed by atoms with van der Waals surface area (Å²) in [6.07, 6.45) is 0. The summed E-state index contributed by atoms with van der Waals surface area (Å²) >= 11 is 0. The number of hydrogen-bond donors (Lipinski definition) is 1. The van der Waals surface area contributed by atoms with E-state index < -0.39 is 17.5 Å². The lowest BCUT2D eigenvalue weighted by Gasteiger charge is -2.03. The predicted molar refractivity (Wildman–Crippen MR) is 64.8 cm³/mol. The van der Waals surface area contributed by atoms with Crippen molar-refractivity contribution in [2.75, 3.05) is 0 Å². The highest BCUT2D eigenvalue weighted by Crippen LogP contribution is 2.14. The molecule has 0 spiro atoms. The van der Waals surface area contributed by atoms with Gasteiger partial charge in [0.15, 0.2) is 5.78 Å². The molecule has 18 heavy (non-hydrogen) atoms. The number of carbonyl (C=O) groups is 2. The molecule has 0 fully saturated rings. The van der Waals surface area contributed by atoms with E-state index in [4.69, 9.17) is 5.73 Å². The molecule has 2 N–H and O–H groups in total. The molecule has 0 aliphatic carbocycles. The zero-order valence-corrected chi connectivity index (χ0v) is 9.39. The van der Waals surface area contributed by atoms with E-state index in [-0.39, 0.29) is 5.56 Å². The topological polar surface area (TPSA) is 60.2 Å². The van der Waals surface area contributed by atoms with E-state index in [1.807, 2.05) is 0 Å². The van der Waals surface area contributed by atoms with Crippen LogP contribution in [0.25, 0.3) is 0 Å². The van der Waals surface area contributed by atoms with Crippen LogP contribution in [0.3, 0.4) is 0 Å². The summed E-state index contributed by atoms with van der Waals surface area (Å²) in [7, 11) is 0. The lowest BCUT2D eigenvalue weighted by molar-refractivity contribution is 0.0996. The highest BCUT2D eigenvalue weighted by molar-refractivity contribution is 6.09. The summed E-state index contributed by atoms with van der Waals surface area (Å²) in [5, 5.41) is 0. The van der Waals surface area contributed by atoms with Crippen LogP contribution in [0, 0.1) is 5.82 Å². The van der Waals surface area contributed by atoms with Crippen LogP contribution >= 0.6 is 0 Å². The van der Waals surface area contributed by atoms with Gasteiger partial charge in [-0.25, -0.2) is 4.39 Å². The second kappa shape index (κ2) is 4.79. The second-order valence-corrected chi connectivity index (χ2v) is 3.75. The van der Waals surface area contributed by atoms with Crippen molar-refractivity contribution in [3.63, 3.8) is 0 Å². The maximum atomic E-state index is 13.4. The van der Waals surface area contributed by atoms with Gasteiger partial charge in [0.25, 0.3) is 0 Å². The van der Waals surface area contributed by atoms with Crippen LogP contribution in [-0.2, 0) is 0 Å². The fraction of sp³-hybridized carbons (Fsp3) is 0. The Morgan fingerprint density at radius 3 is 2.00 bits per heavy atom. The first-order valence-corrected chi connectivity index (χ1v) is 5.28. The van der Waals surface area contributed by atoms with Crippen molar-refractivity contribution in [1.29, 1.82) is 0 Å². The average Bonchev–Trinajstić information content (AvgIpc) is 2.38. The summed E-state index contributed by atoms with van der Waals surface area (Å²) in [5.41, 5.74) is 5.71. The van der Waals surface area contributed by atoms with E-state index >= 15 is 0 Å². The molecule has 0 aromatic heterocycles. The number of ketones is 1. The van der Waals surface area contributed by atoms with E-state index in [1.165, 1.54) is 42.5 Å². The zero-order chi connectivity index (χ0) is 13.1. The minimum atomic E-state index is -0.570. The first-order valence-electron chi connectivity index (χ1n) is 5.28. The third-order valence-electron chi connectivity index (χ3n) is 2.55. The molecule has 2 aromatic rings. The number of nitrogens with two attached hydrogens (primary N) is 1. The van der Waals surface area contributed by atoms with Gasteiger partial charge in [-0.3, -0.25) is 9.59 Å². The summed E-state index contributed by atoms with van der Waals surface area (Å²) in [6, 6.07) is 11.5. The van der Waals surface area contributed by atoms with Gasteiger partial charge >= 0.3 is 0 Å².